The number of rotatable bonds is 3. The van der Waals surface area contributed by atoms with Gasteiger partial charge in [0.25, 0.3) is 0 Å². The highest BCUT2D eigenvalue weighted by atomic mass is 35.5. The van der Waals surface area contributed by atoms with Crippen LogP contribution >= 0.6 is 12.4 Å². The van der Waals surface area contributed by atoms with Crippen LogP contribution in [-0.2, 0) is 9.53 Å². The molecule has 3 aliphatic heterocycles. The number of amides is 1. The van der Waals surface area contributed by atoms with E-state index in [-0.39, 0.29) is 17.8 Å². The number of methoxy groups -OCH3 is 1. The van der Waals surface area contributed by atoms with E-state index in [2.05, 4.69) is 10.2 Å². The molecule has 2 saturated carbocycles. The second-order valence-corrected chi connectivity index (χ2v) is 8.35. The molecule has 2 aliphatic carbocycles. The Morgan fingerprint density at radius 3 is 2.30 bits per heavy atom. The summed E-state index contributed by atoms with van der Waals surface area (Å²) in [5.74, 6) is 2.97. The third-order valence-corrected chi connectivity index (χ3v) is 6.80. The van der Waals surface area contributed by atoms with Crippen molar-refractivity contribution >= 4 is 18.3 Å². The van der Waals surface area contributed by atoms with Gasteiger partial charge in [0.1, 0.15) is 0 Å². The van der Waals surface area contributed by atoms with E-state index >= 15 is 0 Å². The molecule has 0 radical (unpaired) electrons. The minimum absolute atomic E-state index is 0. The fraction of sp³-hybridized carbons (Fsp3) is 0.944. The van der Waals surface area contributed by atoms with E-state index in [4.69, 9.17) is 4.74 Å². The first kappa shape index (κ1) is 17.5. The van der Waals surface area contributed by atoms with E-state index in [1.165, 1.54) is 32.1 Å². The molecule has 4 nitrogen and oxygen atoms in total. The summed E-state index contributed by atoms with van der Waals surface area (Å²) in [6.45, 7) is 3.51. The van der Waals surface area contributed by atoms with Crippen LogP contribution in [0.2, 0.25) is 0 Å². The molecular weight excluding hydrogens is 312 g/mol. The highest BCUT2D eigenvalue weighted by molar-refractivity contribution is 5.85. The molecule has 1 N–H and O–H groups in total. The first-order valence-electron chi connectivity index (χ1n) is 9.21. The molecule has 2 atom stereocenters. The lowest BCUT2D eigenvalue weighted by molar-refractivity contribution is -0.150. The van der Waals surface area contributed by atoms with Crippen molar-refractivity contribution in [1.82, 2.24) is 10.2 Å². The van der Waals surface area contributed by atoms with E-state index in [1.807, 2.05) is 0 Å². The molecule has 5 aliphatic rings. The van der Waals surface area contributed by atoms with Crippen LogP contribution in [0.5, 0.6) is 0 Å². The lowest BCUT2D eigenvalue weighted by Gasteiger charge is -2.43. The monoisotopic (exact) mass is 342 g/mol. The number of fused-ring (bicyclic) bond motifs is 1. The molecule has 23 heavy (non-hydrogen) atoms. The number of ether oxygens (including phenoxy) is 1. The lowest BCUT2D eigenvalue weighted by atomic mass is 9.68. The largest absolute Gasteiger partial charge is 0.384 e. The van der Waals surface area contributed by atoms with Crippen molar-refractivity contribution in [2.75, 3.05) is 33.4 Å². The van der Waals surface area contributed by atoms with Gasteiger partial charge in [-0.15, -0.1) is 12.4 Å². The van der Waals surface area contributed by atoms with Crippen LogP contribution in [0.25, 0.3) is 0 Å². The number of hydrogen-bond acceptors (Lipinski definition) is 3. The van der Waals surface area contributed by atoms with Crippen LogP contribution in [0.15, 0.2) is 0 Å². The Morgan fingerprint density at radius 2 is 1.70 bits per heavy atom. The third kappa shape index (κ3) is 3.14. The van der Waals surface area contributed by atoms with Crippen LogP contribution in [-0.4, -0.2) is 50.2 Å². The Morgan fingerprint density at radius 1 is 1.09 bits per heavy atom. The van der Waals surface area contributed by atoms with Gasteiger partial charge in [-0.2, -0.15) is 0 Å². The molecular formula is C18H31ClN2O2. The average molecular weight is 343 g/mol. The normalized spacial score (nSPS) is 38.0. The fourth-order valence-corrected chi connectivity index (χ4v) is 5.94. The first-order valence-corrected chi connectivity index (χ1v) is 9.21. The summed E-state index contributed by atoms with van der Waals surface area (Å²) in [7, 11) is 1.74. The predicted octanol–water partition coefficient (Wildman–Crippen LogP) is 2.46. The zero-order valence-corrected chi connectivity index (χ0v) is 15.1. The maximum absolute atomic E-state index is 13.5. The van der Waals surface area contributed by atoms with Gasteiger partial charge >= 0.3 is 0 Å². The molecule has 0 spiro atoms. The van der Waals surface area contributed by atoms with Gasteiger partial charge in [0.05, 0.1) is 12.0 Å². The van der Waals surface area contributed by atoms with Crippen molar-refractivity contribution in [3.05, 3.63) is 0 Å². The van der Waals surface area contributed by atoms with Gasteiger partial charge < -0.3 is 15.0 Å². The van der Waals surface area contributed by atoms with Gasteiger partial charge in [-0.25, -0.2) is 0 Å². The Labute approximate surface area is 146 Å². The van der Waals surface area contributed by atoms with Crippen molar-refractivity contribution < 1.29 is 9.53 Å². The van der Waals surface area contributed by atoms with Crippen LogP contribution in [0, 0.1) is 23.2 Å². The second kappa shape index (κ2) is 6.89. The summed E-state index contributed by atoms with van der Waals surface area (Å²) in [6, 6.07) is 0.521. The van der Waals surface area contributed by atoms with Gasteiger partial charge in [0.15, 0.2) is 0 Å². The Balaban J connectivity index is 0.00000156. The zero-order valence-electron chi connectivity index (χ0n) is 14.3. The highest BCUT2D eigenvalue weighted by Crippen LogP contribution is 2.48. The van der Waals surface area contributed by atoms with Crippen molar-refractivity contribution in [1.29, 1.82) is 0 Å². The summed E-state index contributed by atoms with van der Waals surface area (Å²) in [5.41, 5.74) is -0.262. The molecule has 5 heteroatoms. The van der Waals surface area contributed by atoms with E-state index in [0.717, 1.165) is 50.2 Å². The zero-order chi connectivity index (χ0) is 15.2. The van der Waals surface area contributed by atoms with Gasteiger partial charge in [-0.1, -0.05) is 0 Å². The topological polar surface area (TPSA) is 41.6 Å². The van der Waals surface area contributed by atoms with Crippen molar-refractivity contribution in [3.8, 4) is 0 Å². The highest BCUT2D eigenvalue weighted by Gasteiger charge is 2.49. The van der Waals surface area contributed by atoms with Crippen LogP contribution in [0.3, 0.4) is 0 Å². The standard InChI is InChI=1S/C18H30N2O2.ClH/c1-22-12-18(2-4-19-5-3-18)17(21)20-11-15-7-13-6-14(8-15)10-16(20)9-13;/h13-16,19H,2-12H2,1H3;1H. The quantitative estimate of drug-likeness (QED) is 0.856. The third-order valence-electron chi connectivity index (χ3n) is 6.80. The molecule has 132 valence electrons. The van der Waals surface area contributed by atoms with Crippen LogP contribution in [0.4, 0.5) is 0 Å². The summed E-state index contributed by atoms with van der Waals surface area (Å²) >= 11 is 0. The van der Waals surface area contributed by atoms with Crippen LogP contribution in [0.1, 0.15) is 44.9 Å². The summed E-state index contributed by atoms with van der Waals surface area (Å²) in [5, 5.41) is 3.40. The number of carbonyl (C=O) groups is 1. The van der Waals surface area contributed by atoms with E-state index in [0.29, 0.717) is 18.6 Å². The number of carbonyl (C=O) groups excluding carboxylic acids is 1. The van der Waals surface area contributed by atoms with Crippen LogP contribution < -0.4 is 5.32 Å². The Kier molecular flexibility index (Phi) is 5.24. The molecule has 1 amide bonds. The fourth-order valence-electron chi connectivity index (χ4n) is 5.94. The number of nitrogens with zero attached hydrogens (tertiary/aromatic N) is 1. The number of hydrogen-bond donors (Lipinski definition) is 1. The SMILES string of the molecule is COCC1(C(=O)N2CC3CC4CC(C3)CC2C4)CCNCC1.Cl. The number of nitrogens with one attached hydrogen (secondary N) is 1. The first-order chi connectivity index (χ1) is 10.7. The minimum Gasteiger partial charge on any atom is -0.384 e. The van der Waals surface area contributed by atoms with E-state index in [1.54, 1.807) is 7.11 Å². The summed E-state index contributed by atoms with van der Waals surface area (Å²) in [4.78, 5) is 15.8. The van der Waals surface area contributed by atoms with Crippen molar-refractivity contribution in [2.24, 2.45) is 23.2 Å². The second-order valence-electron chi connectivity index (χ2n) is 8.35. The smallest absolute Gasteiger partial charge is 0.231 e. The molecule has 5 fully saturated rings. The maximum atomic E-state index is 13.5. The van der Waals surface area contributed by atoms with E-state index in [9.17, 15) is 4.79 Å². The number of piperidine rings is 1. The van der Waals surface area contributed by atoms with E-state index < -0.39 is 0 Å². The van der Waals surface area contributed by atoms with Gasteiger partial charge in [-0.05, 0) is 75.8 Å². The van der Waals surface area contributed by atoms with Crippen molar-refractivity contribution in [2.45, 2.75) is 51.0 Å². The maximum Gasteiger partial charge on any atom is 0.231 e. The Hall–Kier alpha value is -0.320. The number of halogens is 1. The average Bonchev–Trinajstić information content (AvgIpc) is 2.71. The van der Waals surface area contributed by atoms with Gasteiger partial charge in [0, 0.05) is 19.7 Å². The molecule has 2 unspecified atom stereocenters. The molecule has 0 aromatic heterocycles. The molecule has 3 saturated heterocycles. The molecule has 3 heterocycles. The molecule has 4 bridgehead atoms. The lowest BCUT2D eigenvalue weighted by Crippen LogP contribution is -2.54. The Bertz CT molecular complexity index is 419. The van der Waals surface area contributed by atoms with Gasteiger partial charge in [0.2, 0.25) is 5.91 Å². The molecule has 0 aromatic carbocycles. The minimum atomic E-state index is -0.262. The molecule has 5 rings (SSSR count). The summed E-state index contributed by atoms with van der Waals surface area (Å²) < 4.78 is 5.49. The molecule has 0 aromatic rings. The van der Waals surface area contributed by atoms with Gasteiger partial charge in [-0.3, -0.25) is 4.79 Å². The predicted molar refractivity (Wildman–Crippen MR) is 92.7 cm³/mol. The van der Waals surface area contributed by atoms with Crippen molar-refractivity contribution in [3.63, 3.8) is 0 Å². The summed E-state index contributed by atoms with van der Waals surface area (Å²) in [6.07, 6.45) is 8.56.